The second-order valence-electron chi connectivity index (χ2n) is 9.39. The lowest BCUT2D eigenvalue weighted by atomic mass is 9.98. The van der Waals surface area contributed by atoms with E-state index in [0.29, 0.717) is 16.8 Å². The number of ether oxygens (including phenoxy) is 1. The fourth-order valence-corrected chi connectivity index (χ4v) is 4.49. The number of amides is 2. The van der Waals surface area contributed by atoms with Gasteiger partial charge in [-0.25, -0.2) is 4.79 Å². The summed E-state index contributed by atoms with van der Waals surface area (Å²) in [6.07, 6.45) is -0.770. The average molecular weight is 473 g/mol. The van der Waals surface area contributed by atoms with E-state index in [-0.39, 0.29) is 24.9 Å². The van der Waals surface area contributed by atoms with Gasteiger partial charge >= 0.3 is 12.1 Å². The fraction of sp³-hybridized carbons (Fsp3) is 0.250. The second kappa shape index (κ2) is 9.62. The van der Waals surface area contributed by atoms with Crippen molar-refractivity contribution >= 4 is 23.7 Å². The number of carbonyl (C=O) groups is 3. The van der Waals surface area contributed by atoms with E-state index < -0.39 is 17.6 Å². The maximum absolute atomic E-state index is 12.6. The number of carbonyl (C=O) groups excluding carboxylic acids is 2. The largest absolute Gasteiger partial charge is 0.481 e. The molecule has 0 saturated heterocycles. The topological polar surface area (TPSA) is 105 Å². The van der Waals surface area contributed by atoms with Crippen LogP contribution in [0.25, 0.3) is 11.1 Å². The van der Waals surface area contributed by atoms with Gasteiger partial charge in [0.25, 0.3) is 5.91 Å². The van der Waals surface area contributed by atoms with Gasteiger partial charge in [0, 0.05) is 22.7 Å². The standard InChI is InChI=1S/C28H28N2O5/c1-17-14-18(26(33)30-28(2,3)15-25(31)32)12-13-24(17)29-27(34)35-16-23-21-10-6-4-8-19(21)20-9-5-7-11-22(20)23/h4-14,23H,15-16H2,1-3H3,(H,29,34)(H,30,33)(H,31,32). The van der Waals surface area contributed by atoms with Crippen molar-refractivity contribution in [2.24, 2.45) is 0 Å². The highest BCUT2D eigenvalue weighted by Gasteiger charge is 2.29. The number of hydrogen-bond donors (Lipinski definition) is 3. The lowest BCUT2D eigenvalue weighted by molar-refractivity contribution is -0.138. The molecule has 3 N–H and O–H groups in total. The summed E-state index contributed by atoms with van der Waals surface area (Å²) in [5.74, 6) is -1.41. The average Bonchev–Trinajstić information content (AvgIpc) is 3.11. The van der Waals surface area contributed by atoms with Crippen LogP contribution in [0.5, 0.6) is 0 Å². The number of aryl methyl sites for hydroxylation is 1. The third kappa shape index (κ3) is 5.35. The van der Waals surface area contributed by atoms with E-state index in [9.17, 15) is 14.4 Å². The van der Waals surface area contributed by atoms with Gasteiger partial charge in [-0.05, 0) is 66.8 Å². The van der Waals surface area contributed by atoms with Gasteiger partial charge in [0.15, 0.2) is 0 Å². The maximum Gasteiger partial charge on any atom is 0.411 e. The first kappa shape index (κ1) is 24.0. The lowest BCUT2D eigenvalue weighted by Crippen LogP contribution is -2.44. The molecule has 7 heteroatoms. The minimum absolute atomic E-state index is 0.0329. The van der Waals surface area contributed by atoms with Crippen LogP contribution < -0.4 is 10.6 Å². The number of fused-ring (bicyclic) bond motifs is 3. The summed E-state index contributed by atoms with van der Waals surface area (Å²) in [4.78, 5) is 36.1. The summed E-state index contributed by atoms with van der Waals surface area (Å²) >= 11 is 0. The first-order valence-corrected chi connectivity index (χ1v) is 11.4. The van der Waals surface area contributed by atoms with Crippen molar-refractivity contribution in [3.05, 3.63) is 89.0 Å². The summed E-state index contributed by atoms with van der Waals surface area (Å²) in [6, 6.07) is 21.1. The first-order valence-electron chi connectivity index (χ1n) is 11.4. The van der Waals surface area contributed by atoms with Crippen molar-refractivity contribution < 1.29 is 24.2 Å². The summed E-state index contributed by atoms with van der Waals surface area (Å²) in [7, 11) is 0. The SMILES string of the molecule is Cc1cc(C(=O)NC(C)(C)CC(=O)O)ccc1NC(=O)OCC1c2ccccc2-c2ccccc21. The highest BCUT2D eigenvalue weighted by molar-refractivity contribution is 5.96. The van der Waals surface area contributed by atoms with Crippen molar-refractivity contribution in [1.29, 1.82) is 0 Å². The Labute approximate surface area is 204 Å². The Balaban J connectivity index is 1.39. The van der Waals surface area contributed by atoms with Crippen molar-refractivity contribution in [3.8, 4) is 11.1 Å². The molecule has 0 radical (unpaired) electrons. The molecule has 0 unspecified atom stereocenters. The molecule has 0 aliphatic heterocycles. The van der Waals surface area contributed by atoms with Gasteiger partial charge in [0.05, 0.1) is 6.42 Å². The van der Waals surface area contributed by atoms with E-state index in [4.69, 9.17) is 9.84 Å². The lowest BCUT2D eigenvalue weighted by Gasteiger charge is -2.24. The van der Waals surface area contributed by atoms with Crippen LogP contribution >= 0.6 is 0 Å². The zero-order valence-electron chi connectivity index (χ0n) is 19.9. The zero-order valence-corrected chi connectivity index (χ0v) is 19.9. The van der Waals surface area contributed by atoms with Crippen LogP contribution in [0.2, 0.25) is 0 Å². The summed E-state index contributed by atoms with van der Waals surface area (Å²) in [5.41, 5.74) is 5.29. The van der Waals surface area contributed by atoms with Gasteiger partial charge in [-0.2, -0.15) is 0 Å². The number of benzene rings is 3. The number of rotatable bonds is 7. The van der Waals surface area contributed by atoms with Gasteiger partial charge < -0.3 is 15.2 Å². The summed E-state index contributed by atoms with van der Waals surface area (Å²) < 4.78 is 5.59. The van der Waals surface area contributed by atoms with Crippen LogP contribution in [0.15, 0.2) is 66.7 Å². The van der Waals surface area contributed by atoms with Gasteiger partial charge in [-0.15, -0.1) is 0 Å². The van der Waals surface area contributed by atoms with Gasteiger partial charge in [-0.3, -0.25) is 14.9 Å². The number of nitrogens with one attached hydrogen (secondary N) is 2. The number of anilines is 1. The number of aliphatic carboxylic acids is 1. The molecule has 0 fully saturated rings. The Hall–Kier alpha value is -4.13. The van der Waals surface area contributed by atoms with Crippen molar-refractivity contribution in [3.63, 3.8) is 0 Å². The maximum atomic E-state index is 12.6. The molecule has 1 aliphatic rings. The molecule has 0 heterocycles. The molecule has 4 rings (SSSR count). The fourth-order valence-electron chi connectivity index (χ4n) is 4.49. The molecular weight excluding hydrogens is 444 g/mol. The molecule has 0 bridgehead atoms. The summed E-state index contributed by atoms with van der Waals surface area (Å²) in [5, 5.41) is 14.5. The van der Waals surface area contributed by atoms with E-state index >= 15 is 0 Å². The highest BCUT2D eigenvalue weighted by Crippen LogP contribution is 2.44. The molecule has 3 aromatic rings. The van der Waals surface area contributed by atoms with E-state index in [1.165, 1.54) is 0 Å². The van der Waals surface area contributed by atoms with E-state index in [1.807, 2.05) is 24.3 Å². The number of hydrogen-bond acceptors (Lipinski definition) is 4. The molecule has 3 aromatic carbocycles. The molecule has 0 atom stereocenters. The van der Waals surface area contributed by atoms with E-state index in [0.717, 1.165) is 22.3 Å². The second-order valence-corrected chi connectivity index (χ2v) is 9.39. The van der Waals surface area contributed by atoms with Crippen LogP contribution in [0, 0.1) is 6.92 Å². The minimum atomic E-state index is -0.992. The molecule has 0 spiro atoms. The van der Waals surface area contributed by atoms with Crippen molar-refractivity contribution in [2.75, 3.05) is 11.9 Å². The van der Waals surface area contributed by atoms with Gasteiger partial charge in [-0.1, -0.05) is 48.5 Å². The third-order valence-electron chi connectivity index (χ3n) is 6.11. The molecule has 7 nitrogen and oxygen atoms in total. The van der Waals surface area contributed by atoms with Crippen LogP contribution in [-0.4, -0.2) is 35.2 Å². The minimum Gasteiger partial charge on any atom is -0.481 e. The Bertz CT molecular complexity index is 1250. The Morgan fingerprint density at radius 2 is 1.54 bits per heavy atom. The zero-order chi connectivity index (χ0) is 25.2. The van der Waals surface area contributed by atoms with Crippen LogP contribution in [-0.2, 0) is 9.53 Å². The quantitative estimate of drug-likeness (QED) is 0.431. The molecule has 35 heavy (non-hydrogen) atoms. The molecule has 1 aliphatic carbocycles. The van der Waals surface area contributed by atoms with E-state index in [2.05, 4.69) is 34.9 Å². The Morgan fingerprint density at radius 1 is 0.943 bits per heavy atom. The van der Waals surface area contributed by atoms with Gasteiger partial charge in [0.2, 0.25) is 0 Å². The van der Waals surface area contributed by atoms with Crippen molar-refractivity contribution in [1.82, 2.24) is 5.32 Å². The van der Waals surface area contributed by atoms with E-state index in [1.54, 1.807) is 39.0 Å². The predicted molar refractivity (Wildman–Crippen MR) is 134 cm³/mol. The highest BCUT2D eigenvalue weighted by atomic mass is 16.5. The Kier molecular flexibility index (Phi) is 6.60. The first-order chi connectivity index (χ1) is 16.6. The smallest absolute Gasteiger partial charge is 0.411 e. The number of carboxylic acid groups (broad SMARTS) is 1. The molecule has 2 amide bonds. The molecule has 180 valence electrons. The summed E-state index contributed by atoms with van der Waals surface area (Å²) in [6.45, 7) is 5.29. The normalized spacial score (nSPS) is 12.4. The predicted octanol–water partition coefficient (Wildman–Crippen LogP) is 5.34. The van der Waals surface area contributed by atoms with Crippen LogP contribution in [0.1, 0.15) is 53.2 Å². The molecule has 0 saturated carbocycles. The van der Waals surface area contributed by atoms with Crippen molar-refractivity contribution in [2.45, 2.75) is 38.6 Å². The molecular formula is C28H28N2O5. The van der Waals surface area contributed by atoms with Crippen LogP contribution in [0.3, 0.4) is 0 Å². The van der Waals surface area contributed by atoms with Crippen LogP contribution in [0.4, 0.5) is 10.5 Å². The third-order valence-corrected chi connectivity index (χ3v) is 6.11. The number of carboxylic acids is 1. The van der Waals surface area contributed by atoms with Gasteiger partial charge in [0.1, 0.15) is 6.61 Å². The Morgan fingerprint density at radius 3 is 2.11 bits per heavy atom. The molecule has 0 aromatic heterocycles. The monoisotopic (exact) mass is 472 g/mol.